The van der Waals surface area contributed by atoms with Crippen molar-refractivity contribution in [3.8, 4) is 11.6 Å². The summed E-state index contributed by atoms with van der Waals surface area (Å²) in [4.78, 5) is 25.1. The Hall–Kier alpha value is -4.29. The van der Waals surface area contributed by atoms with Gasteiger partial charge in [-0.05, 0) is 32.3 Å². The number of halogens is 3. The second-order valence-corrected chi connectivity index (χ2v) is 8.97. The van der Waals surface area contributed by atoms with Gasteiger partial charge in [0.25, 0.3) is 6.43 Å². The van der Waals surface area contributed by atoms with E-state index in [1.54, 1.807) is 42.5 Å². The summed E-state index contributed by atoms with van der Waals surface area (Å²) in [7, 11) is 7.42. The summed E-state index contributed by atoms with van der Waals surface area (Å²) in [5, 5.41) is 10.4. The monoisotopic (exact) mass is 572 g/mol. The highest BCUT2D eigenvalue weighted by Gasteiger charge is 2.20. The van der Waals surface area contributed by atoms with Crippen LogP contribution in [0.2, 0.25) is 0 Å². The molecular formula is C27H31ClF2N8O2. The Balaban J connectivity index is 0.00000441. The summed E-state index contributed by atoms with van der Waals surface area (Å²) in [5.41, 5.74) is 1.93. The minimum atomic E-state index is -2.74. The third-order valence-electron chi connectivity index (χ3n) is 5.98. The maximum Gasteiger partial charge on any atom is 0.282 e. The lowest BCUT2D eigenvalue weighted by Crippen LogP contribution is -2.29. The number of alkyl halides is 2. The van der Waals surface area contributed by atoms with Crippen LogP contribution >= 0.6 is 12.4 Å². The van der Waals surface area contributed by atoms with Crippen LogP contribution in [0, 0.1) is 0 Å². The Morgan fingerprint density at radius 2 is 1.90 bits per heavy atom. The molecule has 0 spiro atoms. The van der Waals surface area contributed by atoms with Crippen molar-refractivity contribution in [1.29, 1.82) is 0 Å². The molecule has 13 heteroatoms. The maximum absolute atomic E-state index is 13.6. The molecule has 0 fully saturated rings. The van der Waals surface area contributed by atoms with Crippen LogP contribution in [-0.4, -0.2) is 71.9 Å². The number of carbonyl (C=O) groups excluding carboxylic acids is 1. The Kier molecular flexibility index (Phi) is 9.97. The van der Waals surface area contributed by atoms with Crippen molar-refractivity contribution in [3.63, 3.8) is 0 Å². The molecule has 0 unspecified atom stereocenters. The zero-order chi connectivity index (χ0) is 28.1. The molecule has 0 bridgehead atoms. The van der Waals surface area contributed by atoms with Crippen molar-refractivity contribution < 1.29 is 18.3 Å². The molecule has 2 heterocycles. The third-order valence-corrected chi connectivity index (χ3v) is 5.98. The number of ether oxygens (including phenoxy) is 1. The molecule has 4 aromatic rings. The average molecular weight is 573 g/mol. The fraction of sp³-hybridized carbons (Fsp3) is 0.259. The van der Waals surface area contributed by atoms with Gasteiger partial charge in [0.2, 0.25) is 11.9 Å². The summed E-state index contributed by atoms with van der Waals surface area (Å²) >= 11 is 0. The number of para-hydroxylation sites is 1. The fourth-order valence-corrected chi connectivity index (χ4v) is 3.98. The van der Waals surface area contributed by atoms with E-state index in [4.69, 9.17) is 4.74 Å². The number of benzene rings is 2. The molecule has 0 atom stereocenters. The first-order chi connectivity index (χ1) is 18.7. The first kappa shape index (κ1) is 30.3. The number of nitrogens with zero attached hydrogens (tertiary/aromatic N) is 6. The highest BCUT2D eigenvalue weighted by molar-refractivity contribution is 6.02. The van der Waals surface area contributed by atoms with Gasteiger partial charge in [-0.3, -0.25) is 4.79 Å². The Bertz CT molecular complexity index is 1490. The number of carbonyl (C=O) groups is 1. The molecule has 0 radical (unpaired) electrons. The van der Waals surface area contributed by atoms with Crippen molar-refractivity contribution >= 4 is 52.2 Å². The molecule has 40 heavy (non-hydrogen) atoms. The summed E-state index contributed by atoms with van der Waals surface area (Å²) in [5.74, 6) is 0.595. The van der Waals surface area contributed by atoms with Gasteiger partial charge in [0.15, 0.2) is 5.82 Å². The van der Waals surface area contributed by atoms with E-state index in [1.165, 1.54) is 24.1 Å². The smallest absolute Gasteiger partial charge is 0.282 e. The molecule has 2 aromatic carbocycles. The van der Waals surface area contributed by atoms with Crippen LogP contribution in [0.4, 0.5) is 31.8 Å². The number of rotatable bonds is 11. The fourth-order valence-electron chi connectivity index (χ4n) is 3.98. The van der Waals surface area contributed by atoms with Gasteiger partial charge in [-0.2, -0.15) is 10.1 Å². The van der Waals surface area contributed by atoms with E-state index >= 15 is 0 Å². The molecule has 10 nitrogen and oxygen atoms in total. The number of fused-ring (bicyclic) bond motifs is 1. The third kappa shape index (κ3) is 6.64. The molecule has 0 aliphatic rings. The Morgan fingerprint density at radius 1 is 1.15 bits per heavy atom. The van der Waals surface area contributed by atoms with E-state index < -0.39 is 6.43 Å². The van der Waals surface area contributed by atoms with Crippen molar-refractivity contribution in [2.75, 3.05) is 56.9 Å². The SMILES string of the molecule is C=CC(=O)Nc1cc(Nc2nccc(-n3nc(C(F)F)c4ccccc43)n2)c(OC)cc1N(C)CCN(C)C.Cl. The summed E-state index contributed by atoms with van der Waals surface area (Å²) in [6, 6.07) is 11.8. The zero-order valence-corrected chi connectivity index (χ0v) is 23.4. The average Bonchev–Trinajstić information content (AvgIpc) is 3.32. The summed E-state index contributed by atoms with van der Waals surface area (Å²) in [6.45, 7) is 5.03. The normalized spacial score (nSPS) is 10.9. The van der Waals surface area contributed by atoms with Gasteiger partial charge < -0.3 is 25.2 Å². The van der Waals surface area contributed by atoms with Crippen LogP contribution < -0.4 is 20.3 Å². The largest absolute Gasteiger partial charge is 0.494 e. The summed E-state index contributed by atoms with van der Waals surface area (Å²) < 4.78 is 34.3. The predicted octanol–water partition coefficient (Wildman–Crippen LogP) is 5.05. The zero-order valence-electron chi connectivity index (χ0n) is 22.6. The molecular weight excluding hydrogens is 542 g/mol. The van der Waals surface area contributed by atoms with Gasteiger partial charge in [0.1, 0.15) is 11.4 Å². The van der Waals surface area contributed by atoms with E-state index in [9.17, 15) is 13.6 Å². The van der Waals surface area contributed by atoms with Gasteiger partial charge in [0.05, 0.1) is 29.7 Å². The van der Waals surface area contributed by atoms with Crippen molar-refractivity contribution in [1.82, 2.24) is 24.6 Å². The van der Waals surface area contributed by atoms with Crippen molar-refractivity contribution in [3.05, 3.63) is 67.0 Å². The lowest BCUT2D eigenvalue weighted by molar-refractivity contribution is -0.111. The molecule has 212 valence electrons. The number of aromatic nitrogens is 4. The lowest BCUT2D eigenvalue weighted by Gasteiger charge is -2.26. The van der Waals surface area contributed by atoms with Crippen LogP contribution in [0.15, 0.2) is 61.3 Å². The van der Waals surface area contributed by atoms with Gasteiger partial charge in [-0.25, -0.2) is 18.4 Å². The predicted molar refractivity (Wildman–Crippen MR) is 156 cm³/mol. The second kappa shape index (κ2) is 13.2. The van der Waals surface area contributed by atoms with Gasteiger partial charge in [-0.1, -0.05) is 24.8 Å². The van der Waals surface area contributed by atoms with Crippen molar-refractivity contribution in [2.24, 2.45) is 0 Å². The van der Waals surface area contributed by atoms with Gasteiger partial charge in [-0.15, -0.1) is 12.4 Å². The lowest BCUT2D eigenvalue weighted by atomic mass is 10.2. The Labute approximate surface area is 237 Å². The molecule has 2 aromatic heterocycles. The van der Waals surface area contributed by atoms with Gasteiger partial charge >= 0.3 is 0 Å². The second-order valence-electron chi connectivity index (χ2n) is 8.97. The number of hydrogen-bond acceptors (Lipinski definition) is 8. The van der Waals surface area contributed by atoms with Gasteiger partial charge in [0, 0.05) is 43.9 Å². The van der Waals surface area contributed by atoms with E-state index in [1.807, 2.05) is 26.0 Å². The van der Waals surface area contributed by atoms with E-state index in [0.717, 1.165) is 12.2 Å². The minimum Gasteiger partial charge on any atom is -0.494 e. The molecule has 4 rings (SSSR count). The van der Waals surface area contributed by atoms with Crippen LogP contribution in [0.5, 0.6) is 5.75 Å². The first-order valence-electron chi connectivity index (χ1n) is 12.1. The number of methoxy groups -OCH3 is 1. The molecule has 0 aliphatic heterocycles. The highest BCUT2D eigenvalue weighted by Crippen LogP contribution is 2.38. The quantitative estimate of drug-likeness (QED) is 0.241. The number of nitrogens with one attached hydrogen (secondary N) is 2. The number of anilines is 4. The Morgan fingerprint density at radius 3 is 2.58 bits per heavy atom. The topological polar surface area (TPSA) is 100 Å². The van der Waals surface area contributed by atoms with E-state index in [2.05, 4.69) is 37.2 Å². The van der Waals surface area contributed by atoms with Crippen molar-refractivity contribution in [2.45, 2.75) is 6.43 Å². The van der Waals surface area contributed by atoms with Crippen LogP contribution in [0.3, 0.4) is 0 Å². The molecule has 0 saturated carbocycles. The number of amides is 1. The van der Waals surface area contributed by atoms with Crippen LogP contribution in [0.1, 0.15) is 12.1 Å². The van der Waals surface area contributed by atoms with E-state index in [-0.39, 0.29) is 30.0 Å². The van der Waals surface area contributed by atoms with E-state index in [0.29, 0.717) is 40.4 Å². The van der Waals surface area contributed by atoms with Crippen LogP contribution in [0.25, 0.3) is 16.7 Å². The summed E-state index contributed by atoms with van der Waals surface area (Å²) in [6.07, 6.45) is -0.0481. The standard InChI is InChI=1S/C27H30F2N8O2.ClH/c1-6-24(38)31-18-15-19(22(39-5)16-21(18)36(4)14-13-35(2)3)32-27-30-12-11-23(33-27)37-20-10-8-7-9-17(20)25(34-37)26(28)29;/h6-12,15-16,26H,1,13-14H2,2-5H3,(H,31,38)(H,30,32,33);1H. The molecule has 1 amide bonds. The highest BCUT2D eigenvalue weighted by atomic mass is 35.5. The molecule has 0 saturated heterocycles. The van der Waals surface area contributed by atoms with Crippen LogP contribution in [-0.2, 0) is 4.79 Å². The number of hydrogen-bond donors (Lipinski definition) is 2. The molecule has 0 aliphatic carbocycles. The first-order valence-corrected chi connectivity index (χ1v) is 12.1. The molecule has 2 N–H and O–H groups in total. The maximum atomic E-state index is 13.6. The number of likely N-dealkylation sites (N-methyl/N-ethyl adjacent to an activating group) is 2. The minimum absolute atomic E-state index is 0.